The van der Waals surface area contributed by atoms with Gasteiger partial charge in [0.1, 0.15) is 5.92 Å². The van der Waals surface area contributed by atoms with E-state index in [-0.39, 0.29) is 11.8 Å². The highest BCUT2D eigenvalue weighted by atomic mass is 35.5. The molecular weight excluding hydrogens is 377 g/mol. The van der Waals surface area contributed by atoms with Gasteiger partial charge < -0.3 is 15.5 Å². The van der Waals surface area contributed by atoms with Crippen LogP contribution >= 0.6 is 23.2 Å². The third-order valence-corrected chi connectivity index (χ3v) is 4.55. The summed E-state index contributed by atoms with van der Waals surface area (Å²) in [5, 5.41) is 6.66. The van der Waals surface area contributed by atoms with Gasteiger partial charge in [-0.15, -0.1) is 0 Å². The van der Waals surface area contributed by atoms with E-state index in [0.29, 0.717) is 47.7 Å². The van der Waals surface area contributed by atoms with Crippen LogP contribution in [0.4, 0.5) is 11.6 Å². The maximum absolute atomic E-state index is 12.6. The molecule has 7 nitrogen and oxygen atoms in total. The van der Waals surface area contributed by atoms with E-state index in [1.54, 1.807) is 36.7 Å². The predicted molar refractivity (Wildman–Crippen MR) is 100 cm³/mol. The van der Waals surface area contributed by atoms with Gasteiger partial charge in [0.15, 0.2) is 0 Å². The van der Waals surface area contributed by atoms with E-state index < -0.39 is 5.92 Å². The second kappa shape index (κ2) is 8.33. The molecule has 0 saturated carbocycles. The summed E-state index contributed by atoms with van der Waals surface area (Å²) >= 11 is 12.1. The highest BCUT2D eigenvalue weighted by Gasteiger charge is 2.38. The lowest BCUT2D eigenvalue weighted by Crippen LogP contribution is -2.38. The van der Waals surface area contributed by atoms with E-state index in [9.17, 15) is 9.59 Å². The van der Waals surface area contributed by atoms with Crippen molar-refractivity contribution >= 4 is 46.7 Å². The fourth-order valence-corrected chi connectivity index (χ4v) is 3.11. The lowest BCUT2D eigenvalue weighted by Gasteiger charge is -2.18. The summed E-state index contributed by atoms with van der Waals surface area (Å²) in [7, 11) is 0. The smallest absolute Gasteiger partial charge is 0.239 e. The Hall–Kier alpha value is -2.38. The molecule has 1 aliphatic rings. The van der Waals surface area contributed by atoms with Crippen molar-refractivity contribution in [3.8, 4) is 0 Å². The maximum atomic E-state index is 12.6. The second-order valence-electron chi connectivity index (χ2n) is 5.72. The molecule has 1 aromatic carbocycles. The number of aromatic nitrogens is 2. The normalized spacial score (nSPS) is 16.6. The van der Waals surface area contributed by atoms with Gasteiger partial charge in [-0.2, -0.15) is 0 Å². The van der Waals surface area contributed by atoms with Crippen LogP contribution in [0, 0.1) is 5.92 Å². The summed E-state index contributed by atoms with van der Waals surface area (Å²) in [6.45, 7) is 1.24. The van der Waals surface area contributed by atoms with E-state index >= 15 is 0 Å². The van der Waals surface area contributed by atoms with Crippen LogP contribution in [0.1, 0.15) is 6.42 Å². The molecule has 1 aromatic heterocycles. The highest BCUT2D eigenvalue weighted by molar-refractivity contribution is 6.36. The SMILES string of the molecule is O=C(NCCNc1ncccn1)C1CCN(c2cc(Cl)ccc2Cl)C1=O. The zero-order valence-corrected chi connectivity index (χ0v) is 15.3. The summed E-state index contributed by atoms with van der Waals surface area (Å²) in [6.07, 6.45) is 3.68. The molecule has 9 heteroatoms. The van der Waals surface area contributed by atoms with Crippen molar-refractivity contribution < 1.29 is 9.59 Å². The zero-order valence-electron chi connectivity index (χ0n) is 13.8. The second-order valence-corrected chi connectivity index (χ2v) is 6.56. The van der Waals surface area contributed by atoms with Crippen LogP contribution in [0.2, 0.25) is 10.0 Å². The zero-order chi connectivity index (χ0) is 18.5. The van der Waals surface area contributed by atoms with E-state index in [1.165, 1.54) is 4.90 Å². The van der Waals surface area contributed by atoms with Gasteiger partial charge >= 0.3 is 0 Å². The van der Waals surface area contributed by atoms with Gasteiger partial charge in [-0.3, -0.25) is 9.59 Å². The third kappa shape index (κ3) is 4.23. The average molecular weight is 394 g/mol. The molecule has 2 amide bonds. The van der Waals surface area contributed by atoms with Crippen molar-refractivity contribution in [1.29, 1.82) is 0 Å². The van der Waals surface area contributed by atoms with Gasteiger partial charge in [-0.25, -0.2) is 9.97 Å². The van der Waals surface area contributed by atoms with E-state index in [1.807, 2.05) is 0 Å². The number of nitrogens with one attached hydrogen (secondary N) is 2. The molecule has 1 unspecified atom stereocenters. The number of nitrogens with zero attached hydrogens (tertiary/aromatic N) is 3. The first-order valence-electron chi connectivity index (χ1n) is 8.11. The summed E-state index contributed by atoms with van der Waals surface area (Å²) in [5.74, 6) is -0.809. The Labute approximate surface area is 160 Å². The number of rotatable bonds is 6. The van der Waals surface area contributed by atoms with Gasteiger partial charge in [0, 0.05) is 37.1 Å². The monoisotopic (exact) mass is 393 g/mol. The molecule has 0 spiro atoms. The van der Waals surface area contributed by atoms with Crippen LogP contribution in [-0.4, -0.2) is 41.4 Å². The fourth-order valence-electron chi connectivity index (χ4n) is 2.73. The molecule has 26 heavy (non-hydrogen) atoms. The maximum Gasteiger partial charge on any atom is 0.239 e. The molecule has 0 bridgehead atoms. The summed E-state index contributed by atoms with van der Waals surface area (Å²) in [4.78, 5) is 34.5. The van der Waals surface area contributed by atoms with E-state index in [2.05, 4.69) is 20.6 Å². The van der Waals surface area contributed by atoms with Crippen molar-refractivity contribution in [1.82, 2.24) is 15.3 Å². The first-order chi connectivity index (χ1) is 12.6. The summed E-state index contributed by atoms with van der Waals surface area (Å²) in [5.41, 5.74) is 0.530. The number of halogens is 2. The molecule has 0 radical (unpaired) electrons. The Balaban J connectivity index is 1.52. The Morgan fingerprint density at radius 3 is 2.77 bits per heavy atom. The lowest BCUT2D eigenvalue weighted by atomic mass is 10.1. The predicted octanol–water partition coefficient (Wildman–Crippen LogP) is 2.36. The molecule has 2 N–H and O–H groups in total. The summed E-state index contributed by atoms with van der Waals surface area (Å²) < 4.78 is 0. The fraction of sp³-hybridized carbons (Fsp3) is 0.294. The number of anilines is 2. The van der Waals surface area contributed by atoms with Crippen molar-refractivity contribution in [3.05, 3.63) is 46.7 Å². The number of carbonyl (C=O) groups excluding carboxylic acids is 2. The first kappa shape index (κ1) is 18.4. The van der Waals surface area contributed by atoms with Crippen LogP contribution in [0.25, 0.3) is 0 Å². The molecule has 2 aromatic rings. The Kier molecular flexibility index (Phi) is 5.90. The van der Waals surface area contributed by atoms with Crippen LogP contribution in [0.15, 0.2) is 36.7 Å². The molecule has 1 saturated heterocycles. The number of carbonyl (C=O) groups is 2. The van der Waals surface area contributed by atoms with Crippen LogP contribution < -0.4 is 15.5 Å². The van der Waals surface area contributed by atoms with Crippen molar-refractivity contribution in [2.75, 3.05) is 29.9 Å². The molecule has 136 valence electrons. The van der Waals surface area contributed by atoms with Gasteiger partial charge in [0.05, 0.1) is 10.7 Å². The molecule has 2 heterocycles. The number of hydrogen-bond donors (Lipinski definition) is 2. The first-order valence-corrected chi connectivity index (χ1v) is 8.87. The third-order valence-electron chi connectivity index (χ3n) is 3.99. The Bertz CT molecular complexity index is 803. The molecule has 1 fully saturated rings. The minimum Gasteiger partial charge on any atom is -0.354 e. The standard InChI is InChI=1S/C17H17Cl2N5O2/c18-11-2-3-13(19)14(10-11)24-9-4-12(16(24)26)15(25)20-7-8-23-17-21-5-1-6-22-17/h1-3,5-6,10,12H,4,7-9H2,(H,20,25)(H,21,22,23). The molecule has 1 atom stereocenters. The highest BCUT2D eigenvalue weighted by Crippen LogP contribution is 2.33. The topological polar surface area (TPSA) is 87.2 Å². The van der Waals surface area contributed by atoms with Crippen molar-refractivity contribution in [2.24, 2.45) is 5.92 Å². The Morgan fingerprint density at radius 2 is 2.00 bits per heavy atom. The van der Waals surface area contributed by atoms with Crippen LogP contribution in [0.3, 0.4) is 0 Å². The van der Waals surface area contributed by atoms with E-state index in [0.717, 1.165) is 0 Å². The summed E-state index contributed by atoms with van der Waals surface area (Å²) in [6, 6.07) is 6.64. The molecule has 3 rings (SSSR count). The minimum atomic E-state index is -0.724. The largest absolute Gasteiger partial charge is 0.354 e. The number of benzene rings is 1. The Morgan fingerprint density at radius 1 is 1.23 bits per heavy atom. The van der Waals surface area contributed by atoms with Crippen LogP contribution in [-0.2, 0) is 9.59 Å². The van der Waals surface area contributed by atoms with Gasteiger partial charge in [0.2, 0.25) is 17.8 Å². The van der Waals surface area contributed by atoms with Gasteiger partial charge in [-0.1, -0.05) is 23.2 Å². The molecule has 1 aliphatic heterocycles. The minimum absolute atomic E-state index is 0.272. The van der Waals surface area contributed by atoms with Gasteiger partial charge in [-0.05, 0) is 30.7 Å². The number of hydrogen-bond acceptors (Lipinski definition) is 5. The molecule has 0 aliphatic carbocycles. The lowest BCUT2D eigenvalue weighted by molar-refractivity contribution is -0.132. The van der Waals surface area contributed by atoms with Gasteiger partial charge in [0.25, 0.3) is 0 Å². The number of amides is 2. The van der Waals surface area contributed by atoms with E-state index in [4.69, 9.17) is 23.2 Å². The van der Waals surface area contributed by atoms with Crippen molar-refractivity contribution in [2.45, 2.75) is 6.42 Å². The van der Waals surface area contributed by atoms with Crippen molar-refractivity contribution in [3.63, 3.8) is 0 Å². The quantitative estimate of drug-likeness (QED) is 0.580. The average Bonchev–Trinajstić information content (AvgIpc) is 3.03. The molecular formula is C17H17Cl2N5O2. The van der Waals surface area contributed by atoms with Crippen LogP contribution in [0.5, 0.6) is 0 Å².